The van der Waals surface area contributed by atoms with E-state index in [-0.39, 0.29) is 5.91 Å². The van der Waals surface area contributed by atoms with Crippen molar-refractivity contribution in [3.05, 3.63) is 38.9 Å². The lowest BCUT2D eigenvalue weighted by Gasteiger charge is -2.02. The molecule has 0 saturated heterocycles. The second-order valence-electron chi connectivity index (χ2n) is 4.68. The predicted octanol–water partition coefficient (Wildman–Crippen LogP) is 2.88. The lowest BCUT2D eigenvalue weighted by atomic mass is 10.2. The van der Waals surface area contributed by atoms with Crippen LogP contribution in [0.2, 0.25) is 0 Å². The molecule has 108 valence electrons. The topological polar surface area (TPSA) is 80.9 Å². The van der Waals surface area contributed by atoms with Crippen LogP contribution in [0.1, 0.15) is 26.1 Å². The molecular formula is C14H14N4OS2. The zero-order valence-electron chi connectivity index (χ0n) is 11.6. The minimum atomic E-state index is -0.166. The fourth-order valence-corrected chi connectivity index (χ4v) is 3.97. The molecule has 3 rings (SSSR count). The van der Waals surface area contributed by atoms with Crippen molar-refractivity contribution in [2.75, 3.05) is 5.73 Å². The molecule has 0 saturated carbocycles. The second-order valence-corrected chi connectivity index (χ2v) is 6.71. The number of fused-ring (bicyclic) bond motifs is 1. The van der Waals surface area contributed by atoms with E-state index in [1.54, 1.807) is 6.20 Å². The number of hydrogen-bond acceptors (Lipinski definition) is 6. The van der Waals surface area contributed by atoms with Crippen molar-refractivity contribution in [2.45, 2.75) is 20.4 Å². The number of nitrogens with two attached hydrogens (primary N) is 1. The summed E-state index contributed by atoms with van der Waals surface area (Å²) in [5.41, 5.74) is 8.43. The molecular weight excluding hydrogens is 304 g/mol. The van der Waals surface area contributed by atoms with E-state index in [1.807, 2.05) is 25.3 Å². The molecule has 3 aromatic rings. The number of nitrogen functional groups attached to an aromatic ring is 1. The number of anilines is 1. The molecule has 0 atom stereocenters. The molecule has 0 aromatic carbocycles. The number of rotatable bonds is 3. The SMILES string of the molecule is Cc1cc2sc(C(=O)NCc3nccs3)c(N)c2c(C)n1. The number of aryl methyl sites for hydroxylation is 2. The van der Waals surface area contributed by atoms with Gasteiger partial charge < -0.3 is 11.1 Å². The van der Waals surface area contributed by atoms with Gasteiger partial charge in [-0.25, -0.2) is 4.98 Å². The van der Waals surface area contributed by atoms with E-state index < -0.39 is 0 Å². The van der Waals surface area contributed by atoms with E-state index in [1.165, 1.54) is 22.7 Å². The number of nitrogens with zero attached hydrogens (tertiary/aromatic N) is 2. The van der Waals surface area contributed by atoms with Gasteiger partial charge in [0.15, 0.2) is 0 Å². The maximum Gasteiger partial charge on any atom is 0.263 e. The zero-order chi connectivity index (χ0) is 15.0. The summed E-state index contributed by atoms with van der Waals surface area (Å²) in [6.45, 7) is 4.26. The Morgan fingerprint density at radius 1 is 1.43 bits per heavy atom. The summed E-state index contributed by atoms with van der Waals surface area (Å²) in [6.07, 6.45) is 1.72. The third kappa shape index (κ3) is 2.62. The van der Waals surface area contributed by atoms with Gasteiger partial charge in [0.1, 0.15) is 9.88 Å². The molecule has 21 heavy (non-hydrogen) atoms. The number of hydrogen-bond donors (Lipinski definition) is 2. The molecule has 1 amide bonds. The van der Waals surface area contributed by atoms with Gasteiger partial charge in [-0.15, -0.1) is 22.7 Å². The Kier molecular flexibility index (Phi) is 3.60. The Bertz CT molecular complexity index is 808. The lowest BCUT2D eigenvalue weighted by molar-refractivity contribution is 0.0956. The highest BCUT2D eigenvalue weighted by Gasteiger charge is 2.18. The van der Waals surface area contributed by atoms with Crippen LogP contribution >= 0.6 is 22.7 Å². The quantitative estimate of drug-likeness (QED) is 0.778. The Balaban J connectivity index is 1.91. The Labute approximate surface area is 129 Å². The van der Waals surface area contributed by atoms with Crippen LogP contribution in [0.3, 0.4) is 0 Å². The van der Waals surface area contributed by atoms with Crippen molar-refractivity contribution >= 4 is 44.4 Å². The van der Waals surface area contributed by atoms with Gasteiger partial charge in [0.2, 0.25) is 0 Å². The molecule has 0 fully saturated rings. The summed E-state index contributed by atoms with van der Waals surface area (Å²) in [6, 6.07) is 1.96. The van der Waals surface area contributed by atoms with Crippen molar-refractivity contribution in [1.82, 2.24) is 15.3 Å². The molecule has 0 unspecified atom stereocenters. The molecule has 7 heteroatoms. The minimum absolute atomic E-state index is 0.166. The molecule has 0 spiro atoms. The van der Waals surface area contributed by atoms with E-state index in [0.717, 1.165) is 26.5 Å². The molecule has 3 heterocycles. The van der Waals surface area contributed by atoms with Crippen LogP contribution in [0.5, 0.6) is 0 Å². The van der Waals surface area contributed by atoms with E-state index >= 15 is 0 Å². The summed E-state index contributed by atoms with van der Waals surface area (Å²) in [4.78, 5) is 21.4. The minimum Gasteiger partial charge on any atom is -0.397 e. The van der Waals surface area contributed by atoms with Crippen molar-refractivity contribution in [2.24, 2.45) is 0 Å². The summed E-state index contributed by atoms with van der Waals surface area (Å²) in [7, 11) is 0. The number of carbonyl (C=O) groups excluding carboxylic acids is 1. The fourth-order valence-electron chi connectivity index (χ4n) is 2.22. The van der Waals surface area contributed by atoms with E-state index in [4.69, 9.17) is 5.73 Å². The number of amides is 1. The average molecular weight is 318 g/mol. The van der Waals surface area contributed by atoms with Gasteiger partial charge in [0.05, 0.1) is 12.2 Å². The van der Waals surface area contributed by atoms with Crippen molar-refractivity contribution < 1.29 is 4.79 Å². The molecule has 0 aliphatic heterocycles. The van der Waals surface area contributed by atoms with E-state index in [2.05, 4.69) is 15.3 Å². The van der Waals surface area contributed by atoms with Crippen molar-refractivity contribution in [3.63, 3.8) is 0 Å². The van der Waals surface area contributed by atoms with Gasteiger partial charge in [-0.2, -0.15) is 0 Å². The van der Waals surface area contributed by atoms with Gasteiger partial charge in [0, 0.05) is 33.1 Å². The number of thiophene rings is 1. The largest absolute Gasteiger partial charge is 0.397 e. The summed E-state index contributed by atoms with van der Waals surface area (Å²) < 4.78 is 0.997. The molecule has 5 nitrogen and oxygen atoms in total. The maximum absolute atomic E-state index is 12.3. The molecule has 0 bridgehead atoms. The Hall–Kier alpha value is -1.99. The monoisotopic (exact) mass is 318 g/mol. The third-order valence-corrected chi connectivity index (χ3v) is 5.04. The number of aromatic nitrogens is 2. The smallest absolute Gasteiger partial charge is 0.263 e. The van der Waals surface area contributed by atoms with E-state index in [0.29, 0.717) is 17.1 Å². The summed E-state index contributed by atoms with van der Waals surface area (Å²) in [5, 5.41) is 6.49. The highest BCUT2D eigenvalue weighted by Crippen LogP contribution is 2.35. The molecule has 0 radical (unpaired) electrons. The van der Waals surface area contributed by atoms with Crippen LogP contribution in [0.25, 0.3) is 10.1 Å². The number of pyridine rings is 1. The first-order valence-electron chi connectivity index (χ1n) is 6.39. The molecule has 3 N–H and O–H groups in total. The molecule has 0 aliphatic rings. The predicted molar refractivity (Wildman–Crippen MR) is 86.8 cm³/mol. The van der Waals surface area contributed by atoms with Gasteiger partial charge >= 0.3 is 0 Å². The first-order valence-corrected chi connectivity index (χ1v) is 8.08. The van der Waals surface area contributed by atoms with Crippen LogP contribution in [-0.2, 0) is 6.54 Å². The second kappa shape index (κ2) is 5.42. The fraction of sp³-hybridized carbons (Fsp3) is 0.214. The van der Waals surface area contributed by atoms with Crippen molar-refractivity contribution in [3.8, 4) is 0 Å². The highest BCUT2D eigenvalue weighted by atomic mass is 32.1. The summed E-state index contributed by atoms with van der Waals surface area (Å²) in [5.74, 6) is -0.166. The van der Waals surface area contributed by atoms with Crippen molar-refractivity contribution in [1.29, 1.82) is 0 Å². The van der Waals surface area contributed by atoms with Crippen LogP contribution in [0, 0.1) is 13.8 Å². The number of carbonyl (C=O) groups is 1. The van der Waals surface area contributed by atoms with Crippen LogP contribution in [-0.4, -0.2) is 15.9 Å². The first kappa shape index (κ1) is 14.0. The number of nitrogens with one attached hydrogen (secondary N) is 1. The maximum atomic E-state index is 12.3. The first-order chi connectivity index (χ1) is 10.1. The summed E-state index contributed by atoms with van der Waals surface area (Å²) >= 11 is 2.91. The lowest BCUT2D eigenvalue weighted by Crippen LogP contribution is -2.22. The normalized spacial score (nSPS) is 11.0. The van der Waals surface area contributed by atoms with Gasteiger partial charge in [-0.1, -0.05) is 0 Å². The van der Waals surface area contributed by atoms with Crippen LogP contribution < -0.4 is 11.1 Å². The third-order valence-electron chi connectivity index (χ3n) is 3.11. The standard InChI is InChI=1S/C14H14N4OS2/c1-7-5-9-11(8(2)18-7)12(15)13(21-9)14(19)17-6-10-16-3-4-20-10/h3-5H,6,15H2,1-2H3,(H,17,19). The van der Waals surface area contributed by atoms with Gasteiger partial charge in [-0.05, 0) is 19.9 Å². The van der Waals surface area contributed by atoms with E-state index in [9.17, 15) is 4.79 Å². The average Bonchev–Trinajstić information content (AvgIpc) is 3.04. The Morgan fingerprint density at radius 2 is 2.24 bits per heavy atom. The Morgan fingerprint density at radius 3 is 2.95 bits per heavy atom. The van der Waals surface area contributed by atoms with Crippen LogP contribution in [0.4, 0.5) is 5.69 Å². The van der Waals surface area contributed by atoms with Gasteiger partial charge in [-0.3, -0.25) is 9.78 Å². The zero-order valence-corrected chi connectivity index (χ0v) is 13.3. The molecule has 0 aliphatic carbocycles. The highest BCUT2D eigenvalue weighted by molar-refractivity contribution is 7.21. The van der Waals surface area contributed by atoms with Crippen LogP contribution in [0.15, 0.2) is 17.6 Å². The number of thiazole rings is 1. The molecule has 3 aromatic heterocycles. The van der Waals surface area contributed by atoms with Gasteiger partial charge in [0.25, 0.3) is 5.91 Å².